The largest absolute Gasteiger partial charge is 0.496 e. The highest BCUT2D eigenvalue weighted by molar-refractivity contribution is 5.88. The van der Waals surface area contributed by atoms with Crippen LogP contribution in [0.4, 0.5) is 13.2 Å². The van der Waals surface area contributed by atoms with Crippen molar-refractivity contribution in [2.24, 2.45) is 0 Å². The molecule has 0 amide bonds. The van der Waals surface area contributed by atoms with Gasteiger partial charge in [-0.3, -0.25) is 0 Å². The van der Waals surface area contributed by atoms with E-state index in [0.29, 0.717) is 5.56 Å². The zero-order chi connectivity index (χ0) is 16.5. The Kier molecular flexibility index (Phi) is 4.20. The van der Waals surface area contributed by atoms with Crippen LogP contribution in [0.15, 0.2) is 23.8 Å². The Labute approximate surface area is 123 Å². The number of hydrogen-bond donors (Lipinski definition) is 1. The molecule has 1 atom stereocenters. The minimum atomic E-state index is -4.86. The molecule has 0 aliphatic carbocycles. The van der Waals surface area contributed by atoms with E-state index in [9.17, 15) is 18.0 Å². The Morgan fingerprint density at radius 2 is 2.00 bits per heavy atom. The van der Waals surface area contributed by atoms with Gasteiger partial charge in [0.2, 0.25) is 6.10 Å². The molecule has 1 unspecified atom stereocenters. The predicted molar refractivity (Wildman–Crippen MR) is 69.4 cm³/mol. The first-order valence-electron chi connectivity index (χ1n) is 6.19. The Morgan fingerprint density at radius 3 is 2.50 bits per heavy atom. The average Bonchev–Trinajstić information content (AvgIpc) is 2.65. The maximum atomic E-state index is 13.1. The molecule has 1 heterocycles. The monoisotopic (exact) mass is 318 g/mol. The van der Waals surface area contributed by atoms with E-state index in [-0.39, 0.29) is 23.7 Å². The fourth-order valence-corrected chi connectivity index (χ4v) is 2.15. The summed E-state index contributed by atoms with van der Waals surface area (Å²) in [6, 6.07) is 2.76. The van der Waals surface area contributed by atoms with E-state index in [4.69, 9.17) is 19.3 Å². The first kappa shape index (κ1) is 16.0. The van der Waals surface area contributed by atoms with Crippen LogP contribution in [0.2, 0.25) is 0 Å². The number of alkyl halides is 3. The number of benzene rings is 1. The van der Waals surface area contributed by atoms with Gasteiger partial charge in [0.1, 0.15) is 17.2 Å². The number of rotatable bonds is 3. The molecule has 22 heavy (non-hydrogen) atoms. The van der Waals surface area contributed by atoms with Crippen LogP contribution in [0.5, 0.6) is 17.2 Å². The number of carbonyl (C=O) groups is 1. The van der Waals surface area contributed by atoms with Crippen molar-refractivity contribution in [2.45, 2.75) is 18.7 Å². The molecule has 1 aliphatic rings. The standard InChI is InChI=1S/C14H13F3O5/c1-20-7-5-10(21-2)8-3-4-9(13(18)19)12(14(15,16)17)22-11(8)6-7/h4-6,12H,3H2,1-2H3,(H,18,19). The first-order chi connectivity index (χ1) is 10.3. The third-order valence-electron chi connectivity index (χ3n) is 3.19. The summed E-state index contributed by atoms with van der Waals surface area (Å²) in [6.07, 6.45) is -6.48. The van der Waals surface area contributed by atoms with E-state index in [0.717, 1.165) is 6.08 Å². The van der Waals surface area contributed by atoms with Crippen molar-refractivity contribution in [3.05, 3.63) is 29.3 Å². The van der Waals surface area contributed by atoms with E-state index < -0.39 is 23.8 Å². The molecule has 0 radical (unpaired) electrons. The molecule has 1 aromatic carbocycles. The van der Waals surface area contributed by atoms with Gasteiger partial charge in [-0.2, -0.15) is 13.2 Å². The summed E-state index contributed by atoms with van der Waals surface area (Å²) in [7, 11) is 2.70. The highest BCUT2D eigenvalue weighted by Crippen LogP contribution is 2.40. The number of halogens is 3. The molecule has 0 bridgehead atoms. The highest BCUT2D eigenvalue weighted by Gasteiger charge is 2.47. The molecule has 120 valence electrons. The van der Waals surface area contributed by atoms with E-state index >= 15 is 0 Å². The lowest BCUT2D eigenvalue weighted by molar-refractivity contribution is -0.186. The van der Waals surface area contributed by atoms with Crippen LogP contribution < -0.4 is 14.2 Å². The summed E-state index contributed by atoms with van der Waals surface area (Å²) in [6.45, 7) is 0. The van der Waals surface area contributed by atoms with Crippen molar-refractivity contribution in [2.75, 3.05) is 14.2 Å². The summed E-state index contributed by atoms with van der Waals surface area (Å²) < 4.78 is 54.3. The second kappa shape index (κ2) is 5.78. The topological polar surface area (TPSA) is 65.0 Å². The molecule has 0 spiro atoms. The molecular weight excluding hydrogens is 305 g/mol. The van der Waals surface area contributed by atoms with Gasteiger partial charge in [0.05, 0.1) is 19.8 Å². The number of allylic oxidation sites excluding steroid dienone is 1. The Bertz CT molecular complexity index is 622. The molecule has 5 nitrogen and oxygen atoms in total. The summed E-state index contributed by atoms with van der Waals surface area (Å²) >= 11 is 0. The average molecular weight is 318 g/mol. The molecule has 2 rings (SSSR count). The third-order valence-corrected chi connectivity index (χ3v) is 3.19. The van der Waals surface area contributed by atoms with Gasteiger partial charge in [0.15, 0.2) is 0 Å². The molecule has 0 saturated heterocycles. The van der Waals surface area contributed by atoms with Crippen molar-refractivity contribution < 1.29 is 37.3 Å². The maximum Gasteiger partial charge on any atom is 0.429 e. The number of hydrogen-bond acceptors (Lipinski definition) is 4. The lowest BCUT2D eigenvalue weighted by Gasteiger charge is -2.22. The second-order valence-corrected chi connectivity index (χ2v) is 4.51. The SMILES string of the molecule is COc1cc(OC)c2c(c1)OC(C(F)(F)F)C(C(=O)O)=CC2. The highest BCUT2D eigenvalue weighted by atomic mass is 19.4. The number of carboxylic acid groups (broad SMARTS) is 1. The van der Waals surface area contributed by atoms with Crippen molar-refractivity contribution >= 4 is 5.97 Å². The summed E-state index contributed by atoms with van der Waals surface area (Å²) in [5.41, 5.74) is -0.529. The zero-order valence-electron chi connectivity index (χ0n) is 11.7. The lowest BCUT2D eigenvalue weighted by Crippen LogP contribution is -2.38. The van der Waals surface area contributed by atoms with Gasteiger partial charge in [-0.1, -0.05) is 6.08 Å². The van der Waals surface area contributed by atoms with Gasteiger partial charge in [-0.25, -0.2) is 4.79 Å². The van der Waals surface area contributed by atoms with E-state index in [1.54, 1.807) is 0 Å². The number of aliphatic carboxylic acids is 1. The van der Waals surface area contributed by atoms with Crippen LogP contribution in [-0.2, 0) is 11.2 Å². The number of carboxylic acids is 1. The van der Waals surface area contributed by atoms with Crippen molar-refractivity contribution in [3.8, 4) is 17.2 Å². The molecule has 0 fully saturated rings. The van der Waals surface area contributed by atoms with Gasteiger partial charge in [0, 0.05) is 17.7 Å². The lowest BCUT2D eigenvalue weighted by atomic mass is 10.1. The van der Waals surface area contributed by atoms with Crippen LogP contribution in [0.25, 0.3) is 0 Å². The number of fused-ring (bicyclic) bond motifs is 1. The molecule has 8 heteroatoms. The van der Waals surface area contributed by atoms with Crippen molar-refractivity contribution in [1.29, 1.82) is 0 Å². The maximum absolute atomic E-state index is 13.1. The van der Waals surface area contributed by atoms with Crippen LogP contribution in [0, 0.1) is 0 Å². The van der Waals surface area contributed by atoms with Gasteiger partial charge in [-0.15, -0.1) is 0 Å². The normalized spacial score (nSPS) is 17.7. The fraction of sp³-hybridized carbons (Fsp3) is 0.357. The number of methoxy groups -OCH3 is 2. The second-order valence-electron chi connectivity index (χ2n) is 4.51. The Balaban J connectivity index is 2.57. The third kappa shape index (κ3) is 2.95. The molecule has 0 saturated carbocycles. The smallest absolute Gasteiger partial charge is 0.429 e. The summed E-state index contributed by atoms with van der Waals surface area (Å²) in [4.78, 5) is 11.1. The van der Waals surface area contributed by atoms with Gasteiger partial charge < -0.3 is 19.3 Å². The van der Waals surface area contributed by atoms with Gasteiger partial charge in [0.25, 0.3) is 0 Å². The summed E-state index contributed by atoms with van der Waals surface area (Å²) in [5, 5.41) is 9.00. The minimum Gasteiger partial charge on any atom is -0.496 e. The zero-order valence-corrected chi connectivity index (χ0v) is 11.7. The van der Waals surface area contributed by atoms with E-state index in [1.807, 2.05) is 0 Å². The van der Waals surface area contributed by atoms with Gasteiger partial charge in [-0.05, 0) is 6.42 Å². The molecule has 1 aliphatic heterocycles. The van der Waals surface area contributed by atoms with Crippen molar-refractivity contribution in [1.82, 2.24) is 0 Å². The minimum absolute atomic E-state index is 0.0588. The number of ether oxygens (including phenoxy) is 3. The van der Waals surface area contributed by atoms with E-state index in [1.165, 1.54) is 26.4 Å². The van der Waals surface area contributed by atoms with Crippen LogP contribution >= 0.6 is 0 Å². The quantitative estimate of drug-likeness (QED) is 0.928. The fourth-order valence-electron chi connectivity index (χ4n) is 2.15. The van der Waals surface area contributed by atoms with Crippen molar-refractivity contribution in [3.63, 3.8) is 0 Å². The molecule has 0 aromatic heterocycles. The van der Waals surface area contributed by atoms with Crippen LogP contribution in [-0.4, -0.2) is 37.6 Å². The first-order valence-corrected chi connectivity index (χ1v) is 6.19. The Hall–Kier alpha value is -2.38. The van der Waals surface area contributed by atoms with Crippen LogP contribution in [0.1, 0.15) is 5.56 Å². The van der Waals surface area contributed by atoms with Gasteiger partial charge >= 0.3 is 12.1 Å². The molecule has 1 aromatic rings. The Morgan fingerprint density at radius 1 is 1.32 bits per heavy atom. The predicted octanol–water partition coefficient (Wildman–Crippen LogP) is 2.58. The molecule has 1 N–H and O–H groups in total. The van der Waals surface area contributed by atoms with Crippen LogP contribution in [0.3, 0.4) is 0 Å². The van der Waals surface area contributed by atoms with E-state index in [2.05, 4.69) is 0 Å². The summed E-state index contributed by atoms with van der Waals surface area (Å²) in [5.74, 6) is -1.29. The molecular formula is C14H13F3O5.